The molecule has 1 aliphatic rings. The number of hydrogen-bond donors (Lipinski definition) is 2. The minimum atomic E-state index is -0.295. The van der Waals surface area contributed by atoms with Gasteiger partial charge in [0.15, 0.2) is 0 Å². The van der Waals surface area contributed by atoms with Gasteiger partial charge in [-0.3, -0.25) is 4.79 Å². The Kier molecular flexibility index (Phi) is 3.06. The van der Waals surface area contributed by atoms with E-state index in [-0.39, 0.29) is 23.3 Å². The molecule has 0 aromatic heterocycles. The number of para-hydroxylation sites is 2. The first-order valence-corrected chi connectivity index (χ1v) is 6.48. The van der Waals surface area contributed by atoms with E-state index in [0.29, 0.717) is 12.2 Å². The molecule has 4 nitrogen and oxygen atoms in total. The molecule has 1 unspecified atom stereocenters. The topological polar surface area (TPSA) is 58.6 Å². The number of carbonyl (C=O) groups excluding carboxylic acids is 1. The smallest absolute Gasteiger partial charge is 0.255 e. The fraction of sp³-hybridized carbons (Fsp3) is 0.188. The van der Waals surface area contributed by atoms with Gasteiger partial charge in [-0.05, 0) is 24.6 Å². The molecule has 102 valence electrons. The first-order chi connectivity index (χ1) is 9.66. The number of aromatic hydroxyl groups is 1. The van der Waals surface area contributed by atoms with Gasteiger partial charge in [0.1, 0.15) is 18.1 Å². The number of fused-ring (bicyclic) bond motifs is 1. The van der Waals surface area contributed by atoms with E-state index in [1.807, 2.05) is 24.3 Å². The average molecular weight is 269 g/mol. The summed E-state index contributed by atoms with van der Waals surface area (Å²) in [6, 6.07) is 12.6. The van der Waals surface area contributed by atoms with Crippen LogP contribution in [0.5, 0.6) is 11.5 Å². The highest BCUT2D eigenvalue weighted by atomic mass is 16.5. The zero-order valence-electron chi connectivity index (χ0n) is 11.1. The normalized spacial score (nSPS) is 16.4. The Morgan fingerprint density at radius 3 is 2.90 bits per heavy atom. The molecule has 1 heterocycles. The molecule has 1 atom stereocenters. The monoisotopic (exact) mass is 269 g/mol. The summed E-state index contributed by atoms with van der Waals surface area (Å²) in [7, 11) is 0. The lowest BCUT2D eigenvalue weighted by atomic mass is 10.1. The van der Waals surface area contributed by atoms with Crippen LogP contribution in [0.1, 0.15) is 27.5 Å². The van der Waals surface area contributed by atoms with Gasteiger partial charge in [0.2, 0.25) is 0 Å². The second-order valence-corrected chi connectivity index (χ2v) is 4.85. The number of ether oxygens (including phenoxy) is 1. The van der Waals surface area contributed by atoms with Crippen molar-refractivity contribution in [2.45, 2.75) is 13.0 Å². The van der Waals surface area contributed by atoms with Crippen molar-refractivity contribution in [1.29, 1.82) is 0 Å². The second kappa shape index (κ2) is 4.89. The molecule has 0 radical (unpaired) electrons. The summed E-state index contributed by atoms with van der Waals surface area (Å²) in [6.07, 6.45) is 0. The third-order valence-corrected chi connectivity index (χ3v) is 3.49. The molecule has 20 heavy (non-hydrogen) atoms. The van der Waals surface area contributed by atoms with E-state index in [1.165, 1.54) is 0 Å². The number of aryl methyl sites for hydroxylation is 1. The molecule has 2 aromatic rings. The molecule has 2 N–H and O–H groups in total. The van der Waals surface area contributed by atoms with Gasteiger partial charge in [-0.2, -0.15) is 0 Å². The van der Waals surface area contributed by atoms with Crippen LogP contribution in [0, 0.1) is 6.92 Å². The SMILES string of the molecule is Cc1cccc(C(=O)NC2COc3ccccc32)c1O. The fourth-order valence-electron chi connectivity index (χ4n) is 2.36. The van der Waals surface area contributed by atoms with Gasteiger partial charge < -0.3 is 15.2 Å². The maximum atomic E-state index is 12.3. The summed E-state index contributed by atoms with van der Waals surface area (Å²) >= 11 is 0. The maximum Gasteiger partial charge on any atom is 0.255 e. The number of rotatable bonds is 2. The molecule has 1 amide bonds. The molecular formula is C16H15NO3. The molecule has 2 aromatic carbocycles. The third kappa shape index (κ3) is 2.09. The summed E-state index contributed by atoms with van der Waals surface area (Å²) in [6.45, 7) is 2.18. The fourth-order valence-corrected chi connectivity index (χ4v) is 2.36. The highest BCUT2D eigenvalue weighted by Crippen LogP contribution is 2.32. The van der Waals surface area contributed by atoms with Gasteiger partial charge in [-0.25, -0.2) is 0 Å². The molecular weight excluding hydrogens is 254 g/mol. The standard InChI is InChI=1S/C16H15NO3/c1-10-5-4-7-12(15(10)18)16(19)17-13-9-20-14-8-3-2-6-11(13)14/h2-8,13,18H,9H2,1H3,(H,17,19). The number of phenolic OH excluding ortho intramolecular Hbond substituents is 1. The van der Waals surface area contributed by atoms with Gasteiger partial charge in [-0.1, -0.05) is 30.3 Å². The Labute approximate surface area is 117 Å². The zero-order chi connectivity index (χ0) is 14.1. The quantitative estimate of drug-likeness (QED) is 0.881. The Hall–Kier alpha value is -2.49. The highest BCUT2D eigenvalue weighted by molar-refractivity contribution is 5.97. The summed E-state index contributed by atoms with van der Waals surface area (Å²) in [5, 5.41) is 12.8. The van der Waals surface area contributed by atoms with Crippen molar-refractivity contribution in [2.75, 3.05) is 6.61 Å². The van der Waals surface area contributed by atoms with Crippen molar-refractivity contribution in [1.82, 2.24) is 5.32 Å². The van der Waals surface area contributed by atoms with Gasteiger partial charge in [-0.15, -0.1) is 0 Å². The summed E-state index contributed by atoms with van der Waals surface area (Å²) < 4.78 is 5.52. The predicted molar refractivity (Wildman–Crippen MR) is 75.0 cm³/mol. The van der Waals surface area contributed by atoms with Crippen molar-refractivity contribution in [3.63, 3.8) is 0 Å². The van der Waals surface area contributed by atoms with Crippen molar-refractivity contribution in [3.8, 4) is 11.5 Å². The third-order valence-electron chi connectivity index (χ3n) is 3.49. The lowest BCUT2D eigenvalue weighted by Gasteiger charge is -2.13. The van der Waals surface area contributed by atoms with Gasteiger partial charge in [0.25, 0.3) is 5.91 Å². The Morgan fingerprint density at radius 1 is 1.25 bits per heavy atom. The first kappa shape index (κ1) is 12.5. The Bertz CT molecular complexity index is 667. The lowest BCUT2D eigenvalue weighted by molar-refractivity contribution is 0.0927. The highest BCUT2D eigenvalue weighted by Gasteiger charge is 2.26. The van der Waals surface area contributed by atoms with Crippen LogP contribution in [0.2, 0.25) is 0 Å². The van der Waals surface area contributed by atoms with Crippen LogP contribution in [0.25, 0.3) is 0 Å². The largest absolute Gasteiger partial charge is 0.507 e. The maximum absolute atomic E-state index is 12.3. The van der Waals surface area contributed by atoms with E-state index in [9.17, 15) is 9.90 Å². The van der Waals surface area contributed by atoms with Crippen LogP contribution in [0.4, 0.5) is 0 Å². The molecule has 0 fully saturated rings. The van der Waals surface area contributed by atoms with Crippen LogP contribution >= 0.6 is 0 Å². The summed E-state index contributed by atoms with van der Waals surface area (Å²) in [4.78, 5) is 12.3. The van der Waals surface area contributed by atoms with Crippen molar-refractivity contribution in [2.24, 2.45) is 0 Å². The number of carbonyl (C=O) groups is 1. The van der Waals surface area contributed by atoms with Crippen molar-refractivity contribution >= 4 is 5.91 Å². The number of benzene rings is 2. The van der Waals surface area contributed by atoms with E-state index in [0.717, 1.165) is 11.3 Å². The Morgan fingerprint density at radius 2 is 2.05 bits per heavy atom. The summed E-state index contributed by atoms with van der Waals surface area (Å²) in [5.74, 6) is 0.528. The van der Waals surface area contributed by atoms with Crippen LogP contribution in [-0.2, 0) is 0 Å². The zero-order valence-corrected chi connectivity index (χ0v) is 11.1. The van der Waals surface area contributed by atoms with E-state index in [1.54, 1.807) is 25.1 Å². The van der Waals surface area contributed by atoms with E-state index >= 15 is 0 Å². The number of hydrogen-bond acceptors (Lipinski definition) is 3. The molecule has 0 aliphatic carbocycles. The van der Waals surface area contributed by atoms with E-state index in [4.69, 9.17) is 4.74 Å². The summed E-state index contributed by atoms with van der Waals surface area (Å²) in [5.41, 5.74) is 1.93. The minimum Gasteiger partial charge on any atom is -0.507 e. The van der Waals surface area contributed by atoms with Crippen LogP contribution in [-0.4, -0.2) is 17.6 Å². The molecule has 3 rings (SSSR count). The molecule has 0 saturated carbocycles. The molecule has 4 heteroatoms. The number of phenols is 1. The van der Waals surface area contributed by atoms with Crippen molar-refractivity contribution in [3.05, 3.63) is 59.2 Å². The lowest BCUT2D eigenvalue weighted by Crippen LogP contribution is -2.29. The molecule has 0 saturated heterocycles. The van der Waals surface area contributed by atoms with Crippen LogP contribution < -0.4 is 10.1 Å². The van der Waals surface area contributed by atoms with E-state index in [2.05, 4.69) is 5.32 Å². The van der Waals surface area contributed by atoms with Gasteiger partial charge >= 0.3 is 0 Å². The van der Waals surface area contributed by atoms with Crippen LogP contribution in [0.3, 0.4) is 0 Å². The van der Waals surface area contributed by atoms with E-state index < -0.39 is 0 Å². The molecule has 1 aliphatic heterocycles. The van der Waals surface area contributed by atoms with Gasteiger partial charge in [0, 0.05) is 5.56 Å². The van der Waals surface area contributed by atoms with Gasteiger partial charge in [0.05, 0.1) is 11.6 Å². The minimum absolute atomic E-state index is 0.0252. The second-order valence-electron chi connectivity index (χ2n) is 4.85. The number of nitrogens with one attached hydrogen (secondary N) is 1. The number of amides is 1. The first-order valence-electron chi connectivity index (χ1n) is 6.48. The van der Waals surface area contributed by atoms with Crippen LogP contribution in [0.15, 0.2) is 42.5 Å². The average Bonchev–Trinajstić information content (AvgIpc) is 2.85. The van der Waals surface area contributed by atoms with Crippen molar-refractivity contribution < 1.29 is 14.6 Å². The molecule has 0 spiro atoms. The Balaban J connectivity index is 1.83. The predicted octanol–water partition coefficient (Wildman–Crippen LogP) is 2.56. The molecule has 0 bridgehead atoms.